The van der Waals surface area contributed by atoms with Gasteiger partial charge in [-0.05, 0) is 0 Å². The average molecular weight is 209 g/mol. The Morgan fingerprint density at radius 2 is 2.14 bits per heavy atom. The average Bonchev–Trinajstić information content (AvgIpc) is 2.48. The number of carbonyl (C=O) groups is 1. The number of nitrogens with zero attached hydrogens (tertiary/aromatic N) is 2. The number of H-pyrrole nitrogens is 1. The molecule has 0 aliphatic carbocycles. The first kappa shape index (κ1) is 10.5. The van der Waals surface area contributed by atoms with Gasteiger partial charge < -0.3 is 4.74 Å². The SMILES string of the molecule is COC(=O)c1n[nH]nc1CC(F)(F)F. The molecule has 78 valence electrons. The van der Waals surface area contributed by atoms with Crippen LogP contribution in [0.2, 0.25) is 0 Å². The molecule has 0 fully saturated rings. The summed E-state index contributed by atoms with van der Waals surface area (Å²) < 4.78 is 40.0. The molecule has 0 saturated heterocycles. The number of carbonyl (C=O) groups excluding carboxylic acids is 1. The Hall–Kier alpha value is -1.60. The van der Waals surface area contributed by atoms with E-state index in [2.05, 4.69) is 14.9 Å². The smallest absolute Gasteiger partial charge is 0.394 e. The maximum atomic E-state index is 11.9. The van der Waals surface area contributed by atoms with Crippen LogP contribution in [0.15, 0.2) is 0 Å². The molecule has 0 radical (unpaired) electrons. The van der Waals surface area contributed by atoms with Crippen LogP contribution >= 0.6 is 0 Å². The third-order valence-electron chi connectivity index (χ3n) is 1.37. The van der Waals surface area contributed by atoms with Crippen molar-refractivity contribution >= 4 is 5.97 Å². The lowest BCUT2D eigenvalue weighted by Crippen LogP contribution is -2.15. The molecule has 0 bridgehead atoms. The fraction of sp³-hybridized carbons (Fsp3) is 0.500. The lowest BCUT2D eigenvalue weighted by molar-refractivity contribution is -0.127. The first-order valence-corrected chi connectivity index (χ1v) is 3.48. The highest BCUT2D eigenvalue weighted by molar-refractivity contribution is 5.88. The van der Waals surface area contributed by atoms with E-state index < -0.39 is 30.0 Å². The Morgan fingerprint density at radius 3 is 2.64 bits per heavy atom. The van der Waals surface area contributed by atoms with Crippen molar-refractivity contribution in [3.8, 4) is 0 Å². The van der Waals surface area contributed by atoms with Gasteiger partial charge in [-0.25, -0.2) is 4.79 Å². The second-order valence-corrected chi connectivity index (χ2v) is 2.40. The number of alkyl halides is 3. The van der Waals surface area contributed by atoms with E-state index in [-0.39, 0.29) is 0 Å². The molecule has 0 aliphatic rings. The van der Waals surface area contributed by atoms with Gasteiger partial charge in [-0.3, -0.25) is 0 Å². The predicted octanol–water partition coefficient (Wildman–Crippen LogP) is 0.696. The van der Waals surface area contributed by atoms with E-state index in [0.717, 1.165) is 7.11 Å². The Balaban J connectivity index is 2.88. The van der Waals surface area contributed by atoms with E-state index in [1.807, 2.05) is 5.21 Å². The van der Waals surface area contributed by atoms with Gasteiger partial charge in [0.05, 0.1) is 13.5 Å². The normalized spacial score (nSPS) is 11.4. The minimum Gasteiger partial charge on any atom is -0.464 e. The summed E-state index contributed by atoms with van der Waals surface area (Å²) >= 11 is 0. The second-order valence-electron chi connectivity index (χ2n) is 2.40. The topological polar surface area (TPSA) is 67.9 Å². The summed E-state index contributed by atoms with van der Waals surface area (Å²) in [4.78, 5) is 10.9. The Kier molecular flexibility index (Phi) is 2.73. The molecular weight excluding hydrogens is 203 g/mol. The van der Waals surface area contributed by atoms with Crippen LogP contribution in [0.25, 0.3) is 0 Å². The number of nitrogens with one attached hydrogen (secondary N) is 1. The maximum absolute atomic E-state index is 11.9. The van der Waals surface area contributed by atoms with E-state index in [9.17, 15) is 18.0 Å². The number of aromatic nitrogens is 3. The summed E-state index contributed by atoms with van der Waals surface area (Å²) in [6.45, 7) is 0. The largest absolute Gasteiger partial charge is 0.464 e. The van der Waals surface area contributed by atoms with Crippen LogP contribution in [-0.2, 0) is 11.2 Å². The van der Waals surface area contributed by atoms with Gasteiger partial charge in [0.2, 0.25) is 0 Å². The molecule has 0 atom stereocenters. The Bertz CT molecular complexity index is 333. The molecular formula is C6H6F3N3O2. The molecule has 1 heterocycles. The van der Waals surface area contributed by atoms with Gasteiger partial charge in [-0.2, -0.15) is 23.5 Å². The number of hydrogen-bond donors (Lipinski definition) is 1. The molecule has 8 heteroatoms. The van der Waals surface area contributed by atoms with Gasteiger partial charge in [-0.1, -0.05) is 0 Å². The number of rotatable bonds is 2. The predicted molar refractivity (Wildman–Crippen MR) is 37.5 cm³/mol. The van der Waals surface area contributed by atoms with Gasteiger partial charge in [0.25, 0.3) is 0 Å². The number of hydrogen-bond acceptors (Lipinski definition) is 4. The van der Waals surface area contributed by atoms with E-state index in [1.165, 1.54) is 0 Å². The highest BCUT2D eigenvalue weighted by atomic mass is 19.4. The van der Waals surface area contributed by atoms with Crippen molar-refractivity contribution in [1.29, 1.82) is 0 Å². The van der Waals surface area contributed by atoms with Crippen molar-refractivity contribution in [3.63, 3.8) is 0 Å². The van der Waals surface area contributed by atoms with Crippen LogP contribution in [0.5, 0.6) is 0 Å². The third kappa shape index (κ3) is 2.44. The summed E-state index contributed by atoms with van der Waals surface area (Å²) in [6, 6.07) is 0. The number of ether oxygens (including phenoxy) is 1. The van der Waals surface area contributed by atoms with Crippen molar-refractivity contribution in [2.24, 2.45) is 0 Å². The van der Waals surface area contributed by atoms with Crippen molar-refractivity contribution in [2.75, 3.05) is 7.11 Å². The van der Waals surface area contributed by atoms with Gasteiger partial charge in [0, 0.05) is 0 Å². The lowest BCUT2D eigenvalue weighted by Gasteiger charge is -2.03. The van der Waals surface area contributed by atoms with Crippen molar-refractivity contribution in [2.45, 2.75) is 12.6 Å². The summed E-state index contributed by atoms with van der Waals surface area (Å²) in [7, 11) is 1.05. The third-order valence-corrected chi connectivity index (χ3v) is 1.37. The quantitative estimate of drug-likeness (QED) is 0.728. The molecule has 5 nitrogen and oxygen atoms in total. The Labute approximate surface area is 76.2 Å². The Morgan fingerprint density at radius 1 is 1.50 bits per heavy atom. The van der Waals surface area contributed by atoms with Crippen molar-refractivity contribution in [3.05, 3.63) is 11.4 Å². The molecule has 1 rings (SSSR count). The van der Waals surface area contributed by atoms with Crippen molar-refractivity contribution in [1.82, 2.24) is 15.4 Å². The zero-order valence-corrected chi connectivity index (χ0v) is 7.05. The second kappa shape index (κ2) is 3.64. The molecule has 14 heavy (non-hydrogen) atoms. The number of halogens is 3. The summed E-state index contributed by atoms with van der Waals surface area (Å²) in [5.41, 5.74) is -0.908. The maximum Gasteiger partial charge on any atom is 0.394 e. The number of methoxy groups -OCH3 is 1. The highest BCUT2D eigenvalue weighted by Crippen LogP contribution is 2.21. The van der Waals surface area contributed by atoms with Gasteiger partial charge in [-0.15, -0.1) is 5.10 Å². The molecule has 0 amide bonds. The first-order valence-electron chi connectivity index (χ1n) is 3.48. The summed E-state index contributed by atoms with van der Waals surface area (Å²) in [5.74, 6) is -0.946. The van der Waals surface area contributed by atoms with Crippen LogP contribution in [-0.4, -0.2) is 34.7 Å². The fourth-order valence-corrected chi connectivity index (χ4v) is 0.826. The molecule has 0 unspecified atom stereocenters. The highest BCUT2D eigenvalue weighted by Gasteiger charge is 2.32. The molecule has 0 aliphatic heterocycles. The zero-order chi connectivity index (χ0) is 10.8. The zero-order valence-electron chi connectivity index (χ0n) is 7.05. The van der Waals surface area contributed by atoms with Gasteiger partial charge in [0.15, 0.2) is 5.69 Å². The fourth-order valence-electron chi connectivity index (χ4n) is 0.826. The van der Waals surface area contributed by atoms with Gasteiger partial charge in [0.1, 0.15) is 5.69 Å². The van der Waals surface area contributed by atoms with E-state index in [4.69, 9.17) is 0 Å². The van der Waals surface area contributed by atoms with Crippen LogP contribution in [0.4, 0.5) is 13.2 Å². The lowest BCUT2D eigenvalue weighted by atomic mass is 10.2. The minimum absolute atomic E-state index is 0.440. The van der Waals surface area contributed by atoms with Crippen LogP contribution < -0.4 is 0 Å². The van der Waals surface area contributed by atoms with Gasteiger partial charge >= 0.3 is 12.1 Å². The molecule has 0 saturated carbocycles. The molecule has 1 aromatic rings. The standard InChI is InChI=1S/C6H6F3N3O2/c1-14-5(13)4-3(10-12-11-4)2-6(7,8)9/h2H2,1H3,(H,10,11,12). The minimum atomic E-state index is -4.43. The number of esters is 1. The van der Waals surface area contributed by atoms with Crippen molar-refractivity contribution < 1.29 is 22.7 Å². The summed E-state index contributed by atoms with van der Waals surface area (Å²) in [6.07, 6.45) is -5.74. The van der Waals surface area contributed by atoms with Crippen LogP contribution in [0, 0.1) is 0 Å². The van der Waals surface area contributed by atoms with E-state index in [1.54, 1.807) is 0 Å². The molecule has 0 spiro atoms. The van der Waals surface area contributed by atoms with Crippen LogP contribution in [0.3, 0.4) is 0 Å². The monoisotopic (exact) mass is 209 g/mol. The molecule has 1 N–H and O–H groups in total. The van der Waals surface area contributed by atoms with E-state index >= 15 is 0 Å². The molecule has 0 aromatic carbocycles. The van der Waals surface area contributed by atoms with E-state index in [0.29, 0.717) is 0 Å². The first-order chi connectivity index (χ1) is 6.44. The summed E-state index contributed by atoms with van der Waals surface area (Å²) in [5, 5.41) is 8.41. The molecule has 1 aromatic heterocycles. The van der Waals surface area contributed by atoms with Crippen LogP contribution in [0.1, 0.15) is 16.2 Å². The number of aromatic amines is 1.